The second kappa shape index (κ2) is 8.30. The zero-order chi connectivity index (χ0) is 18.4. The van der Waals surface area contributed by atoms with Gasteiger partial charge in [0, 0.05) is 17.7 Å². The number of phenolic OH excluding ortho intramolecular Hbond substituents is 1. The Labute approximate surface area is 154 Å². The molecule has 1 heterocycles. The van der Waals surface area contributed by atoms with Crippen molar-refractivity contribution in [2.45, 2.75) is 11.7 Å². The summed E-state index contributed by atoms with van der Waals surface area (Å²) in [6.45, 7) is 0. The molecule has 1 atom stereocenters. The summed E-state index contributed by atoms with van der Waals surface area (Å²) in [5, 5.41) is 22.5. The van der Waals surface area contributed by atoms with Crippen molar-refractivity contribution in [3.63, 3.8) is 0 Å². The Hall–Kier alpha value is -3.13. The highest BCUT2D eigenvalue weighted by Gasteiger charge is 2.32. The van der Waals surface area contributed by atoms with Crippen LogP contribution >= 0.6 is 11.8 Å². The maximum absolute atomic E-state index is 12.1. The Balaban J connectivity index is 1.56. The van der Waals surface area contributed by atoms with Crippen LogP contribution in [0, 0.1) is 0 Å². The predicted octanol–water partition coefficient (Wildman–Crippen LogP) is 2.34. The van der Waals surface area contributed by atoms with Crippen LogP contribution in [0.1, 0.15) is 12.0 Å². The van der Waals surface area contributed by atoms with Gasteiger partial charge in [-0.25, -0.2) is 0 Å². The van der Waals surface area contributed by atoms with Crippen LogP contribution in [-0.4, -0.2) is 33.6 Å². The molecule has 1 aliphatic rings. The molecule has 0 bridgehead atoms. The lowest BCUT2D eigenvalue weighted by Crippen LogP contribution is -2.28. The third-order valence-electron chi connectivity index (χ3n) is 3.49. The fourth-order valence-electron chi connectivity index (χ4n) is 2.23. The molecule has 0 radical (unpaired) electrons. The van der Waals surface area contributed by atoms with E-state index in [4.69, 9.17) is 0 Å². The maximum Gasteiger partial charge on any atom is 0.240 e. The number of carbonyl (C=O) groups excluding carboxylic acids is 2. The first-order valence-electron chi connectivity index (χ1n) is 7.83. The Bertz CT molecular complexity index is 868. The molecule has 2 amide bonds. The van der Waals surface area contributed by atoms with Crippen molar-refractivity contribution >= 4 is 40.6 Å². The van der Waals surface area contributed by atoms with Gasteiger partial charge in [-0.2, -0.15) is 5.10 Å². The number of hydrogen-bond acceptors (Lipinski definition) is 6. The number of carbonyl (C=O) groups is 2. The molecule has 0 aromatic heterocycles. The number of rotatable bonds is 5. The topological polar surface area (TPSA) is 103 Å². The zero-order valence-corrected chi connectivity index (χ0v) is 14.4. The van der Waals surface area contributed by atoms with Crippen LogP contribution in [0.5, 0.6) is 5.75 Å². The van der Waals surface area contributed by atoms with Gasteiger partial charge in [-0.1, -0.05) is 42.1 Å². The number of amides is 2. The zero-order valence-electron chi connectivity index (χ0n) is 13.6. The van der Waals surface area contributed by atoms with Gasteiger partial charge in [0.1, 0.15) is 11.0 Å². The van der Waals surface area contributed by atoms with Crippen LogP contribution < -0.4 is 10.6 Å². The van der Waals surface area contributed by atoms with Crippen molar-refractivity contribution < 1.29 is 14.7 Å². The quantitative estimate of drug-likeness (QED) is 0.557. The van der Waals surface area contributed by atoms with Crippen LogP contribution in [0.15, 0.2) is 64.8 Å². The van der Waals surface area contributed by atoms with Gasteiger partial charge < -0.3 is 15.7 Å². The van der Waals surface area contributed by atoms with Gasteiger partial charge in [0.05, 0.1) is 6.21 Å². The summed E-state index contributed by atoms with van der Waals surface area (Å²) in [5.74, 6) is -0.437. The molecule has 132 valence electrons. The van der Waals surface area contributed by atoms with Crippen molar-refractivity contribution in [3.8, 4) is 5.75 Å². The minimum atomic E-state index is -0.558. The first-order valence-corrected chi connectivity index (χ1v) is 8.71. The normalized spacial score (nSPS) is 18.2. The molecule has 2 aromatic carbocycles. The van der Waals surface area contributed by atoms with Crippen LogP contribution in [0.2, 0.25) is 0 Å². The molecule has 1 unspecified atom stereocenters. The van der Waals surface area contributed by atoms with Gasteiger partial charge in [0.15, 0.2) is 5.17 Å². The van der Waals surface area contributed by atoms with Crippen LogP contribution in [0.4, 0.5) is 5.69 Å². The third-order valence-corrected chi connectivity index (χ3v) is 4.56. The average molecular weight is 368 g/mol. The minimum Gasteiger partial charge on any atom is -0.507 e. The summed E-state index contributed by atoms with van der Waals surface area (Å²) in [6, 6.07) is 15.8. The highest BCUT2D eigenvalue weighted by atomic mass is 32.2. The monoisotopic (exact) mass is 368 g/mol. The second-order valence-electron chi connectivity index (χ2n) is 5.42. The Morgan fingerprint density at radius 3 is 2.69 bits per heavy atom. The summed E-state index contributed by atoms with van der Waals surface area (Å²) in [6.07, 6.45) is 1.43. The van der Waals surface area contributed by atoms with Crippen molar-refractivity contribution in [3.05, 3.63) is 60.2 Å². The largest absolute Gasteiger partial charge is 0.507 e. The summed E-state index contributed by atoms with van der Waals surface area (Å²) in [5.41, 5.74) is 1.20. The minimum absolute atomic E-state index is 0.0353. The molecule has 8 heteroatoms. The number of hydrogen-bond donors (Lipinski definition) is 3. The Morgan fingerprint density at radius 2 is 1.92 bits per heavy atom. The third kappa shape index (κ3) is 4.70. The molecule has 1 fully saturated rings. The summed E-state index contributed by atoms with van der Waals surface area (Å²) in [7, 11) is 0. The molecule has 0 aliphatic carbocycles. The number of aromatic hydroxyl groups is 1. The number of para-hydroxylation sites is 2. The molecule has 3 N–H and O–H groups in total. The summed E-state index contributed by atoms with van der Waals surface area (Å²) >= 11 is 1.15. The van der Waals surface area contributed by atoms with E-state index in [1.165, 1.54) is 6.21 Å². The van der Waals surface area contributed by atoms with Gasteiger partial charge in [-0.15, -0.1) is 5.10 Å². The van der Waals surface area contributed by atoms with Gasteiger partial charge >= 0.3 is 0 Å². The maximum atomic E-state index is 12.1. The van der Waals surface area contributed by atoms with Crippen LogP contribution in [-0.2, 0) is 9.59 Å². The highest BCUT2D eigenvalue weighted by molar-refractivity contribution is 8.15. The SMILES string of the molecule is O=C(CC1S/C(=N\N=C\c2ccccc2O)NC1=O)Nc1ccccc1. The number of phenols is 1. The Morgan fingerprint density at radius 1 is 1.19 bits per heavy atom. The van der Waals surface area contributed by atoms with Gasteiger partial charge in [0.2, 0.25) is 11.8 Å². The van der Waals surface area contributed by atoms with Gasteiger partial charge in [-0.3, -0.25) is 9.59 Å². The van der Waals surface area contributed by atoms with E-state index in [2.05, 4.69) is 20.8 Å². The van der Waals surface area contributed by atoms with E-state index in [1.54, 1.807) is 36.4 Å². The lowest BCUT2D eigenvalue weighted by atomic mass is 10.2. The van der Waals surface area contributed by atoms with E-state index in [0.29, 0.717) is 16.4 Å². The molecule has 1 aliphatic heterocycles. The first kappa shape index (κ1) is 17.7. The molecule has 3 rings (SSSR count). The van der Waals surface area contributed by atoms with E-state index in [9.17, 15) is 14.7 Å². The van der Waals surface area contributed by atoms with Crippen molar-refractivity contribution in [1.29, 1.82) is 0 Å². The number of nitrogens with one attached hydrogen (secondary N) is 2. The number of nitrogens with zero attached hydrogens (tertiary/aromatic N) is 2. The number of amidine groups is 1. The van der Waals surface area contributed by atoms with E-state index < -0.39 is 5.25 Å². The smallest absolute Gasteiger partial charge is 0.240 e. The standard InChI is InChI=1S/C18H16N4O3S/c23-14-9-5-4-6-12(14)11-19-22-18-21-17(25)15(26-18)10-16(24)20-13-7-2-1-3-8-13/h1-9,11,15,23H,10H2,(H,20,24)(H,21,22,25)/b19-11+. The average Bonchev–Trinajstić information content (AvgIpc) is 2.97. The summed E-state index contributed by atoms with van der Waals surface area (Å²) in [4.78, 5) is 24.0. The lowest BCUT2D eigenvalue weighted by Gasteiger charge is -2.06. The van der Waals surface area contributed by atoms with Crippen molar-refractivity contribution in [2.24, 2.45) is 10.2 Å². The number of thioether (sulfide) groups is 1. The van der Waals surface area contributed by atoms with E-state index in [1.807, 2.05) is 18.2 Å². The Kier molecular flexibility index (Phi) is 5.65. The molecule has 0 saturated carbocycles. The fourth-order valence-corrected chi connectivity index (χ4v) is 3.15. The predicted molar refractivity (Wildman–Crippen MR) is 102 cm³/mol. The fraction of sp³-hybridized carbons (Fsp3) is 0.111. The van der Waals surface area contributed by atoms with Crippen LogP contribution in [0.3, 0.4) is 0 Å². The lowest BCUT2D eigenvalue weighted by molar-refractivity contribution is -0.122. The molecular formula is C18H16N4O3S. The summed E-state index contributed by atoms with van der Waals surface area (Å²) < 4.78 is 0. The highest BCUT2D eigenvalue weighted by Crippen LogP contribution is 2.23. The molecule has 7 nitrogen and oxygen atoms in total. The van der Waals surface area contributed by atoms with E-state index in [-0.39, 0.29) is 24.0 Å². The molecule has 2 aromatic rings. The molecule has 1 saturated heterocycles. The molecular weight excluding hydrogens is 352 g/mol. The number of benzene rings is 2. The molecule has 26 heavy (non-hydrogen) atoms. The first-order chi connectivity index (χ1) is 12.6. The van der Waals surface area contributed by atoms with Gasteiger partial charge in [0.25, 0.3) is 0 Å². The van der Waals surface area contributed by atoms with Crippen molar-refractivity contribution in [1.82, 2.24) is 5.32 Å². The van der Waals surface area contributed by atoms with E-state index in [0.717, 1.165) is 11.8 Å². The second-order valence-corrected chi connectivity index (χ2v) is 6.61. The number of anilines is 1. The van der Waals surface area contributed by atoms with Crippen LogP contribution in [0.25, 0.3) is 0 Å². The van der Waals surface area contributed by atoms with Crippen molar-refractivity contribution in [2.75, 3.05) is 5.32 Å². The molecule has 0 spiro atoms. The van der Waals surface area contributed by atoms with E-state index >= 15 is 0 Å². The van der Waals surface area contributed by atoms with Gasteiger partial charge in [-0.05, 0) is 24.3 Å².